The normalized spacial score (nSPS) is 21.8. The second kappa shape index (κ2) is 4.65. The molecular formula is C13H17NO3. The van der Waals surface area contributed by atoms with Crippen molar-refractivity contribution in [2.24, 2.45) is 11.8 Å². The number of hydrogen-bond donors (Lipinski definition) is 1. The van der Waals surface area contributed by atoms with Crippen LogP contribution in [-0.4, -0.2) is 20.1 Å². The third-order valence-corrected chi connectivity index (χ3v) is 3.10. The van der Waals surface area contributed by atoms with Crippen LogP contribution in [0.1, 0.15) is 13.3 Å². The van der Waals surface area contributed by atoms with Crippen molar-refractivity contribution in [3.05, 3.63) is 18.2 Å². The smallest absolute Gasteiger partial charge is 0.227 e. The maximum Gasteiger partial charge on any atom is 0.227 e. The summed E-state index contributed by atoms with van der Waals surface area (Å²) >= 11 is 0. The van der Waals surface area contributed by atoms with Crippen molar-refractivity contribution in [2.45, 2.75) is 13.3 Å². The first-order chi connectivity index (χ1) is 8.15. The van der Waals surface area contributed by atoms with Crippen LogP contribution in [0.5, 0.6) is 11.5 Å². The molecule has 0 bridgehead atoms. The van der Waals surface area contributed by atoms with Crippen molar-refractivity contribution < 1.29 is 14.3 Å². The van der Waals surface area contributed by atoms with Crippen LogP contribution < -0.4 is 14.8 Å². The fraction of sp³-hybridized carbons (Fsp3) is 0.462. The molecule has 0 saturated heterocycles. The molecule has 1 aliphatic carbocycles. The molecule has 4 nitrogen and oxygen atoms in total. The van der Waals surface area contributed by atoms with Crippen molar-refractivity contribution in [3.8, 4) is 11.5 Å². The summed E-state index contributed by atoms with van der Waals surface area (Å²) in [6.45, 7) is 2.08. The molecule has 2 rings (SSSR count). The lowest BCUT2D eigenvalue weighted by atomic mass is 10.2. The van der Waals surface area contributed by atoms with Gasteiger partial charge in [0.25, 0.3) is 0 Å². The molecule has 1 aromatic carbocycles. The molecule has 0 aliphatic heterocycles. The first-order valence-corrected chi connectivity index (χ1v) is 5.68. The molecule has 0 aromatic heterocycles. The van der Waals surface area contributed by atoms with Crippen molar-refractivity contribution in [3.63, 3.8) is 0 Å². The van der Waals surface area contributed by atoms with Gasteiger partial charge in [0.1, 0.15) is 0 Å². The van der Waals surface area contributed by atoms with Crippen LogP contribution >= 0.6 is 0 Å². The number of anilines is 1. The third-order valence-electron chi connectivity index (χ3n) is 3.10. The molecule has 1 saturated carbocycles. The van der Waals surface area contributed by atoms with Crippen LogP contribution in [0.3, 0.4) is 0 Å². The highest BCUT2D eigenvalue weighted by Crippen LogP contribution is 2.39. The molecule has 0 heterocycles. The zero-order valence-corrected chi connectivity index (χ0v) is 10.3. The monoisotopic (exact) mass is 235 g/mol. The number of carbonyl (C=O) groups is 1. The number of ether oxygens (including phenoxy) is 2. The molecule has 1 fully saturated rings. The summed E-state index contributed by atoms with van der Waals surface area (Å²) in [7, 11) is 3.16. The lowest BCUT2D eigenvalue weighted by molar-refractivity contribution is -0.117. The van der Waals surface area contributed by atoms with E-state index in [2.05, 4.69) is 12.2 Å². The standard InChI is InChI=1S/C13H17NO3/c1-8-6-10(8)13(15)14-9-4-5-11(16-2)12(7-9)17-3/h4-5,7-8,10H,6H2,1-3H3,(H,14,15). The predicted octanol–water partition coefficient (Wildman–Crippen LogP) is 2.30. The van der Waals surface area contributed by atoms with Crippen molar-refractivity contribution in [1.82, 2.24) is 0 Å². The van der Waals surface area contributed by atoms with Gasteiger partial charge in [0.2, 0.25) is 5.91 Å². The van der Waals surface area contributed by atoms with Crippen LogP contribution in [0, 0.1) is 11.8 Å². The van der Waals surface area contributed by atoms with Crippen molar-refractivity contribution in [1.29, 1.82) is 0 Å². The summed E-state index contributed by atoms with van der Waals surface area (Å²) in [6, 6.07) is 5.36. The second-order valence-electron chi connectivity index (χ2n) is 4.38. The Morgan fingerprint density at radius 1 is 1.29 bits per heavy atom. The second-order valence-corrected chi connectivity index (χ2v) is 4.38. The van der Waals surface area contributed by atoms with Crippen LogP contribution in [0.15, 0.2) is 18.2 Å². The maximum absolute atomic E-state index is 11.8. The molecule has 1 aromatic rings. The van der Waals surface area contributed by atoms with E-state index in [0.29, 0.717) is 17.4 Å². The third kappa shape index (κ3) is 2.52. The molecule has 2 atom stereocenters. The Kier molecular flexibility index (Phi) is 3.22. The first kappa shape index (κ1) is 11.8. The molecule has 0 radical (unpaired) electrons. The Morgan fingerprint density at radius 2 is 1.94 bits per heavy atom. The molecule has 92 valence electrons. The summed E-state index contributed by atoms with van der Waals surface area (Å²) in [5.74, 6) is 2.04. The number of methoxy groups -OCH3 is 2. The van der Waals surface area contributed by atoms with Gasteiger partial charge in [-0.3, -0.25) is 4.79 Å². The van der Waals surface area contributed by atoms with Gasteiger partial charge in [-0.15, -0.1) is 0 Å². The van der Waals surface area contributed by atoms with Gasteiger partial charge in [0.05, 0.1) is 14.2 Å². The fourth-order valence-corrected chi connectivity index (χ4v) is 1.84. The summed E-state index contributed by atoms with van der Waals surface area (Å²) in [4.78, 5) is 11.8. The summed E-state index contributed by atoms with van der Waals surface area (Å²) in [5, 5.41) is 2.89. The highest BCUT2D eigenvalue weighted by molar-refractivity contribution is 5.94. The highest BCUT2D eigenvalue weighted by atomic mass is 16.5. The molecular weight excluding hydrogens is 218 g/mol. The number of carbonyl (C=O) groups excluding carboxylic acids is 1. The largest absolute Gasteiger partial charge is 0.493 e. The number of rotatable bonds is 4. The SMILES string of the molecule is COc1ccc(NC(=O)C2CC2C)cc1OC. The van der Waals surface area contributed by atoms with Crippen molar-refractivity contribution in [2.75, 3.05) is 19.5 Å². The van der Waals surface area contributed by atoms with E-state index in [1.54, 1.807) is 26.4 Å². The zero-order chi connectivity index (χ0) is 12.4. The Labute approximate surface area is 101 Å². The summed E-state index contributed by atoms with van der Waals surface area (Å²) in [6.07, 6.45) is 0.985. The quantitative estimate of drug-likeness (QED) is 0.871. The lowest BCUT2D eigenvalue weighted by Crippen LogP contribution is -2.14. The number of amides is 1. The van der Waals surface area contributed by atoms with Gasteiger partial charge in [-0.25, -0.2) is 0 Å². The van der Waals surface area contributed by atoms with Gasteiger partial charge >= 0.3 is 0 Å². The molecule has 0 spiro atoms. The van der Waals surface area contributed by atoms with Gasteiger partial charge in [0.15, 0.2) is 11.5 Å². The molecule has 2 unspecified atom stereocenters. The number of hydrogen-bond acceptors (Lipinski definition) is 3. The van der Waals surface area contributed by atoms with Gasteiger partial charge in [-0.1, -0.05) is 6.92 Å². The van der Waals surface area contributed by atoms with E-state index in [1.165, 1.54) is 0 Å². The van der Waals surface area contributed by atoms with E-state index in [-0.39, 0.29) is 11.8 Å². The van der Waals surface area contributed by atoms with E-state index in [9.17, 15) is 4.79 Å². The fourth-order valence-electron chi connectivity index (χ4n) is 1.84. The van der Waals surface area contributed by atoms with E-state index in [1.807, 2.05) is 6.07 Å². The first-order valence-electron chi connectivity index (χ1n) is 5.68. The van der Waals surface area contributed by atoms with Crippen LogP contribution in [-0.2, 0) is 4.79 Å². The average Bonchev–Trinajstić information content (AvgIpc) is 3.06. The van der Waals surface area contributed by atoms with Gasteiger partial charge < -0.3 is 14.8 Å². The van der Waals surface area contributed by atoms with Crippen LogP contribution in [0.25, 0.3) is 0 Å². The maximum atomic E-state index is 11.8. The van der Waals surface area contributed by atoms with Gasteiger partial charge in [-0.2, -0.15) is 0 Å². The number of nitrogens with one attached hydrogen (secondary N) is 1. The molecule has 1 aliphatic rings. The lowest BCUT2D eigenvalue weighted by Gasteiger charge is -2.10. The zero-order valence-electron chi connectivity index (χ0n) is 10.3. The predicted molar refractivity (Wildman–Crippen MR) is 65.4 cm³/mol. The van der Waals surface area contributed by atoms with Crippen LogP contribution in [0.2, 0.25) is 0 Å². The minimum absolute atomic E-state index is 0.0877. The minimum Gasteiger partial charge on any atom is -0.493 e. The van der Waals surface area contributed by atoms with E-state index >= 15 is 0 Å². The Hall–Kier alpha value is -1.71. The average molecular weight is 235 g/mol. The molecule has 4 heteroatoms. The number of benzene rings is 1. The summed E-state index contributed by atoms with van der Waals surface area (Å²) in [5.41, 5.74) is 0.742. The minimum atomic E-state index is 0.0877. The highest BCUT2D eigenvalue weighted by Gasteiger charge is 2.39. The molecule has 1 amide bonds. The Balaban J connectivity index is 2.08. The van der Waals surface area contributed by atoms with Gasteiger partial charge in [-0.05, 0) is 24.5 Å². The van der Waals surface area contributed by atoms with Crippen LogP contribution in [0.4, 0.5) is 5.69 Å². The summed E-state index contributed by atoms with van der Waals surface area (Å²) < 4.78 is 10.3. The van der Waals surface area contributed by atoms with E-state index < -0.39 is 0 Å². The van der Waals surface area contributed by atoms with Gasteiger partial charge in [0, 0.05) is 17.7 Å². The van der Waals surface area contributed by atoms with E-state index in [0.717, 1.165) is 12.1 Å². The van der Waals surface area contributed by atoms with Crippen molar-refractivity contribution >= 4 is 11.6 Å². The van der Waals surface area contributed by atoms with E-state index in [4.69, 9.17) is 9.47 Å². The Bertz CT molecular complexity index is 431. The molecule has 1 N–H and O–H groups in total. The Morgan fingerprint density at radius 3 is 2.47 bits per heavy atom. The topological polar surface area (TPSA) is 47.6 Å². The molecule has 17 heavy (non-hydrogen) atoms.